The van der Waals surface area contributed by atoms with Crippen molar-refractivity contribution in [2.75, 3.05) is 0 Å². The zero-order valence-corrected chi connectivity index (χ0v) is 9.60. The molecule has 1 fully saturated rings. The van der Waals surface area contributed by atoms with Crippen molar-refractivity contribution in [1.82, 2.24) is 5.32 Å². The monoisotopic (exact) mass is 235 g/mol. The summed E-state index contributed by atoms with van der Waals surface area (Å²) in [5.41, 5.74) is 0.304. The molecule has 0 bridgehead atoms. The van der Waals surface area contributed by atoms with Gasteiger partial charge in [0.25, 0.3) is 5.91 Å². The lowest BCUT2D eigenvalue weighted by Gasteiger charge is -2.26. The van der Waals surface area contributed by atoms with E-state index >= 15 is 0 Å². The summed E-state index contributed by atoms with van der Waals surface area (Å²) < 4.78 is 0. The van der Waals surface area contributed by atoms with E-state index in [4.69, 9.17) is 0 Å². The molecule has 1 saturated carbocycles. The van der Waals surface area contributed by atoms with Crippen LogP contribution in [0.15, 0.2) is 24.3 Å². The fourth-order valence-corrected chi connectivity index (χ4v) is 2.15. The van der Waals surface area contributed by atoms with E-state index in [1.165, 1.54) is 6.07 Å². The maximum atomic E-state index is 11.9. The topological polar surface area (TPSA) is 69.6 Å². The average Bonchev–Trinajstić information content (AvgIpc) is 2.32. The summed E-state index contributed by atoms with van der Waals surface area (Å²) in [5, 5.41) is 21.8. The first-order valence-corrected chi connectivity index (χ1v) is 5.93. The van der Waals surface area contributed by atoms with Gasteiger partial charge in [0.15, 0.2) is 0 Å². The number of hydrogen-bond acceptors (Lipinski definition) is 3. The van der Waals surface area contributed by atoms with Crippen molar-refractivity contribution in [3.63, 3.8) is 0 Å². The van der Waals surface area contributed by atoms with E-state index in [2.05, 4.69) is 5.32 Å². The van der Waals surface area contributed by atoms with Gasteiger partial charge in [-0.25, -0.2) is 0 Å². The Kier molecular flexibility index (Phi) is 3.64. The number of nitrogens with one attached hydrogen (secondary N) is 1. The maximum absolute atomic E-state index is 11.9. The van der Waals surface area contributed by atoms with Gasteiger partial charge in [-0.1, -0.05) is 12.1 Å². The molecule has 1 aliphatic carbocycles. The Bertz CT molecular complexity index is 397. The van der Waals surface area contributed by atoms with Crippen LogP contribution in [0.4, 0.5) is 0 Å². The smallest absolute Gasteiger partial charge is 0.255 e. The predicted molar refractivity (Wildman–Crippen MR) is 63.8 cm³/mol. The second kappa shape index (κ2) is 5.19. The third kappa shape index (κ3) is 2.97. The summed E-state index contributed by atoms with van der Waals surface area (Å²) in [6.07, 6.45) is 2.81. The van der Waals surface area contributed by atoms with Crippen molar-refractivity contribution >= 4 is 5.91 Å². The van der Waals surface area contributed by atoms with Gasteiger partial charge in [0.1, 0.15) is 5.75 Å². The highest BCUT2D eigenvalue weighted by Crippen LogP contribution is 2.20. The molecule has 2 rings (SSSR count). The van der Waals surface area contributed by atoms with Crippen LogP contribution < -0.4 is 5.32 Å². The minimum absolute atomic E-state index is 0.000782. The van der Waals surface area contributed by atoms with Crippen molar-refractivity contribution in [1.29, 1.82) is 0 Å². The molecule has 92 valence electrons. The third-order valence-corrected chi connectivity index (χ3v) is 3.18. The van der Waals surface area contributed by atoms with Crippen LogP contribution >= 0.6 is 0 Å². The first kappa shape index (κ1) is 11.9. The second-order valence-corrected chi connectivity index (χ2v) is 4.50. The number of phenolic OH excluding ortho intramolecular Hbond substituents is 1. The van der Waals surface area contributed by atoms with Gasteiger partial charge < -0.3 is 15.5 Å². The summed E-state index contributed by atoms with van der Waals surface area (Å²) in [5.74, 6) is -0.245. The largest absolute Gasteiger partial charge is 0.507 e. The molecule has 4 heteroatoms. The summed E-state index contributed by atoms with van der Waals surface area (Å²) in [6.45, 7) is 0. The Hall–Kier alpha value is -1.55. The number of rotatable bonds is 2. The zero-order valence-electron chi connectivity index (χ0n) is 9.60. The molecule has 3 N–H and O–H groups in total. The fourth-order valence-electron chi connectivity index (χ4n) is 2.15. The van der Waals surface area contributed by atoms with E-state index in [0.717, 1.165) is 25.7 Å². The molecule has 0 saturated heterocycles. The minimum atomic E-state index is -0.246. The first-order chi connectivity index (χ1) is 8.16. The number of aliphatic hydroxyl groups excluding tert-OH is 1. The van der Waals surface area contributed by atoms with Crippen LogP contribution in [0.1, 0.15) is 36.0 Å². The summed E-state index contributed by atoms with van der Waals surface area (Å²) in [4.78, 5) is 11.9. The highest BCUT2D eigenvalue weighted by molar-refractivity contribution is 5.96. The van der Waals surface area contributed by atoms with Gasteiger partial charge in [0.05, 0.1) is 11.7 Å². The molecule has 1 amide bonds. The van der Waals surface area contributed by atoms with E-state index in [1.54, 1.807) is 18.2 Å². The molecular formula is C13H17NO3. The van der Waals surface area contributed by atoms with E-state index < -0.39 is 0 Å². The standard InChI is InChI=1S/C13H17NO3/c15-10-7-5-9(6-8-10)14-13(17)11-3-1-2-4-12(11)16/h1-4,9-10,15-16H,5-8H2,(H,14,17). The van der Waals surface area contributed by atoms with Gasteiger partial charge in [0.2, 0.25) is 0 Å². The lowest BCUT2D eigenvalue weighted by molar-refractivity contribution is 0.0865. The van der Waals surface area contributed by atoms with Crippen LogP contribution in [0.2, 0.25) is 0 Å². The molecule has 1 aromatic rings. The van der Waals surface area contributed by atoms with E-state index in [-0.39, 0.29) is 23.8 Å². The lowest BCUT2D eigenvalue weighted by Crippen LogP contribution is -2.38. The number of carbonyl (C=O) groups is 1. The van der Waals surface area contributed by atoms with Crippen molar-refractivity contribution < 1.29 is 15.0 Å². The Morgan fingerprint density at radius 3 is 2.47 bits per heavy atom. The number of hydrogen-bond donors (Lipinski definition) is 3. The van der Waals surface area contributed by atoms with E-state index in [9.17, 15) is 15.0 Å². The van der Waals surface area contributed by atoms with Gasteiger partial charge >= 0.3 is 0 Å². The van der Waals surface area contributed by atoms with Crippen molar-refractivity contribution in [3.05, 3.63) is 29.8 Å². The molecule has 1 aliphatic rings. The summed E-state index contributed by atoms with van der Waals surface area (Å²) in [6, 6.07) is 6.61. The van der Waals surface area contributed by atoms with Crippen molar-refractivity contribution in [3.8, 4) is 5.75 Å². The van der Waals surface area contributed by atoms with Gasteiger partial charge in [-0.3, -0.25) is 4.79 Å². The van der Waals surface area contributed by atoms with Gasteiger partial charge in [0, 0.05) is 6.04 Å². The molecule has 0 unspecified atom stereocenters. The molecule has 0 radical (unpaired) electrons. The number of aromatic hydroxyl groups is 1. The Labute approximate surface area is 100 Å². The number of benzene rings is 1. The fraction of sp³-hybridized carbons (Fsp3) is 0.462. The Morgan fingerprint density at radius 2 is 1.82 bits per heavy atom. The number of aliphatic hydroxyl groups is 1. The molecular weight excluding hydrogens is 218 g/mol. The summed E-state index contributed by atoms with van der Waals surface area (Å²) in [7, 11) is 0. The van der Waals surface area contributed by atoms with Crippen LogP contribution in [0.25, 0.3) is 0 Å². The molecule has 1 aromatic carbocycles. The molecule has 0 heterocycles. The highest BCUT2D eigenvalue weighted by Gasteiger charge is 2.21. The normalized spacial score (nSPS) is 24.3. The molecule has 0 spiro atoms. The number of amides is 1. The van der Waals surface area contributed by atoms with Crippen LogP contribution in [0.3, 0.4) is 0 Å². The highest BCUT2D eigenvalue weighted by atomic mass is 16.3. The van der Waals surface area contributed by atoms with Gasteiger partial charge in [-0.2, -0.15) is 0 Å². The molecule has 17 heavy (non-hydrogen) atoms. The third-order valence-electron chi connectivity index (χ3n) is 3.18. The van der Waals surface area contributed by atoms with Crippen LogP contribution in [-0.4, -0.2) is 28.3 Å². The molecule has 0 atom stereocenters. The predicted octanol–water partition coefficient (Wildman–Crippen LogP) is 1.43. The number of carbonyl (C=O) groups excluding carboxylic acids is 1. The van der Waals surface area contributed by atoms with E-state index in [0.29, 0.717) is 5.56 Å². The molecule has 4 nitrogen and oxygen atoms in total. The Balaban J connectivity index is 1.96. The molecule has 0 aliphatic heterocycles. The van der Waals surface area contributed by atoms with Crippen molar-refractivity contribution in [2.24, 2.45) is 0 Å². The Morgan fingerprint density at radius 1 is 1.18 bits per heavy atom. The number of para-hydroxylation sites is 1. The van der Waals surface area contributed by atoms with Crippen LogP contribution in [0.5, 0.6) is 5.75 Å². The number of phenols is 1. The zero-order chi connectivity index (χ0) is 12.3. The average molecular weight is 235 g/mol. The van der Waals surface area contributed by atoms with Crippen LogP contribution in [0, 0.1) is 0 Å². The summed E-state index contributed by atoms with van der Waals surface area (Å²) >= 11 is 0. The second-order valence-electron chi connectivity index (χ2n) is 4.50. The SMILES string of the molecule is O=C(NC1CCC(O)CC1)c1ccccc1O. The van der Waals surface area contributed by atoms with Gasteiger partial charge in [-0.15, -0.1) is 0 Å². The quantitative estimate of drug-likeness (QED) is 0.726. The lowest BCUT2D eigenvalue weighted by atomic mass is 9.93. The van der Waals surface area contributed by atoms with E-state index in [1.807, 2.05) is 0 Å². The van der Waals surface area contributed by atoms with Gasteiger partial charge in [-0.05, 0) is 37.8 Å². The molecule has 0 aromatic heterocycles. The first-order valence-electron chi connectivity index (χ1n) is 5.93. The maximum Gasteiger partial charge on any atom is 0.255 e. The minimum Gasteiger partial charge on any atom is -0.507 e. The van der Waals surface area contributed by atoms with Crippen molar-refractivity contribution in [2.45, 2.75) is 37.8 Å². The van der Waals surface area contributed by atoms with Crippen LogP contribution in [-0.2, 0) is 0 Å².